The van der Waals surface area contributed by atoms with Crippen LogP contribution >= 0.6 is 11.8 Å². The minimum Gasteiger partial charge on any atom is -0.481 e. The highest BCUT2D eigenvalue weighted by Gasteiger charge is 2.05. The van der Waals surface area contributed by atoms with Gasteiger partial charge in [-0.05, 0) is 24.3 Å². The molecule has 0 aliphatic carbocycles. The largest absolute Gasteiger partial charge is 0.481 e. The third-order valence-electron chi connectivity index (χ3n) is 2.32. The summed E-state index contributed by atoms with van der Waals surface area (Å²) in [6, 6.07) is 6.28. The first-order valence-electron chi connectivity index (χ1n) is 5.62. The van der Waals surface area contributed by atoms with E-state index in [-0.39, 0.29) is 12.2 Å². The van der Waals surface area contributed by atoms with E-state index in [9.17, 15) is 9.18 Å². The number of nitrogens with zero attached hydrogens (tertiary/aromatic N) is 3. The van der Waals surface area contributed by atoms with Crippen molar-refractivity contribution in [3.05, 3.63) is 42.0 Å². The van der Waals surface area contributed by atoms with Gasteiger partial charge in [0.05, 0.1) is 18.7 Å². The normalized spacial score (nSPS) is 10.6. The Morgan fingerprint density at radius 1 is 1.37 bits per heavy atom. The van der Waals surface area contributed by atoms with Crippen LogP contribution in [-0.2, 0) is 17.8 Å². The number of aryl methyl sites for hydroxylation is 1. The Morgan fingerprint density at radius 3 is 2.79 bits per heavy atom. The third kappa shape index (κ3) is 4.36. The van der Waals surface area contributed by atoms with Gasteiger partial charge in [0.15, 0.2) is 0 Å². The quantitative estimate of drug-likeness (QED) is 0.818. The number of aromatic nitrogens is 3. The van der Waals surface area contributed by atoms with Crippen LogP contribution in [0.3, 0.4) is 0 Å². The van der Waals surface area contributed by atoms with Crippen molar-refractivity contribution in [2.75, 3.05) is 5.75 Å². The van der Waals surface area contributed by atoms with E-state index >= 15 is 0 Å². The lowest BCUT2D eigenvalue weighted by Gasteiger charge is -2.01. The van der Waals surface area contributed by atoms with Crippen LogP contribution in [0, 0.1) is 5.82 Å². The van der Waals surface area contributed by atoms with Crippen LogP contribution in [0.1, 0.15) is 5.69 Å². The minimum atomic E-state index is -0.923. The van der Waals surface area contributed by atoms with Gasteiger partial charge in [-0.1, -0.05) is 5.21 Å². The van der Waals surface area contributed by atoms with Crippen molar-refractivity contribution < 1.29 is 14.3 Å². The summed E-state index contributed by atoms with van der Waals surface area (Å²) in [6.45, 7) is 0.620. The number of thioether (sulfide) groups is 1. The van der Waals surface area contributed by atoms with E-state index in [1.165, 1.54) is 12.1 Å². The summed E-state index contributed by atoms with van der Waals surface area (Å²) in [7, 11) is 0. The molecule has 0 aliphatic heterocycles. The number of carboxylic acids is 1. The Morgan fingerprint density at radius 2 is 2.11 bits per heavy atom. The predicted octanol–water partition coefficient (Wildman–Crippen LogP) is 1.84. The number of carboxylic acid groups (broad SMARTS) is 1. The summed E-state index contributed by atoms with van der Waals surface area (Å²) in [6.07, 6.45) is 1.50. The van der Waals surface area contributed by atoms with Crippen molar-refractivity contribution in [3.8, 4) is 0 Å². The summed E-state index contributed by atoms with van der Waals surface area (Å²) in [5.74, 6) is -0.423. The number of halogens is 1. The van der Waals surface area contributed by atoms with Crippen LogP contribution in [0.5, 0.6) is 0 Å². The lowest BCUT2D eigenvalue weighted by atomic mass is 10.3. The molecule has 1 aromatic heterocycles. The number of carbonyl (C=O) groups is 1. The molecule has 100 valence electrons. The molecule has 0 spiro atoms. The van der Waals surface area contributed by atoms with Crippen LogP contribution in [0.2, 0.25) is 0 Å². The molecule has 5 nitrogen and oxygen atoms in total. The first-order chi connectivity index (χ1) is 9.13. The fourth-order valence-corrected chi connectivity index (χ4v) is 2.31. The fraction of sp³-hybridized carbons (Fsp3) is 0.250. The maximum atomic E-state index is 12.7. The zero-order valence-corrected chi connectivity index (χ0v) is 10.8. The summed E-state index contributed by atoms with van der Waals surface area (Å²) in [5.41, 5.74) is 0.444. The molecule has 0 bridgehead atoms. The molecule has 19 heavy (non-hydrogen) atoms. The van der Waals surface area contributed by atoms with Crippen molar-refractivity contribution in [2.45, 2.75) is 17.9 Å². The van der Waals surface area contributed by atoms with E-state index < -0.39 is 5.97 Å². The summed E-state index contributed by atoms with van der Waals surface area (Å²) in [5, 5.41) is 16.2. The SMILES string of the molecule is O=C(O)Cc1cn(CCSc2ccc(F)cc2)nn1. The van der Waals surface area contributed by atoms with E-state index in [0.717, 1.165) is 10.6 Å². The smallest absolute Gasteiger partial charge is 0.309 e. The van der Waals surface area contributed by atoms with E-state index in [4.69, 9.17) is 5.11 Å². The monoisotopic (exact) mass is 281 g/mol. The van der Waals surface area contributed by atoms with Gasteiger partial charge in [-0.15, -0.1) is 16.9 Å². The molecular weight excluding hydrogens is 269 g/mol. The Hall–Kier alpha value is -1.89. The van der Waals surface area contributed by atoms with Gasteiger partial charge in [0.25, 0.3) is 0 Å². The van der Waals surface area contributed by atoms with Crippen LogP contribution < -0.4 is 0 Å². The highest BCUT2D eigenvalue weighted by Crippen LogP contribution is 2.18. The Labute approximate surface area is 113 Å². The molecule has 2 rings (SSSR count). The second kappa shape index (κ2) is 6.33. The van der Waals surface area contributed by atoms with E-state index in [0.29, 0.717) is 12.2 Å². The molecule has 0 unspecified atom stereocenters. The van der Waals surface area contributed by atoms with E-state index in [1.54, 1.807) is 34.8 Å². The molecule has 2 aromatic rings. The van der Waals surface area contributed by atoms with E-state index in [1.807, 2.05) is 0 Å². The zero-order chi connectivity index (χ0) is 13.7. The molecule has 7 heteroatoms. The zero-order valence-electron chi connectivity index (χ0n) is 9.99. The lowest BCUT2D eigenvalue weighted by molar-refractivity contribution is -0.136. The molecule has 0 aliphatic rings. The standard InChI is InChI=1S/C12H12FN3O2S/c13-9-1-3-11(4-2-9)19-6-5-16-8-10(14-15-16)7-12(17)18/h1-4,8H,5-7H2,(H,17,18). The predicted molar refractivity (Wildman–Crippen MR) is 68.5 cm³/mol. The van der Waals surface area contributed by atoms with Crippen molar-refractivity contribution in [1.82, 2.24) is 15.0 Å². The number of aliphatic carboxylic acids is 1. The van der Waals surface area contributed by atoms with Crippen molar-refractivity contribution in [1.29, 1.82) is 0 Å². The number of rotatable bonds is 6. The number of hydrogen-bond acceptors (Lipinski definition) is 4. The van der Waals surface area contributed by atoms with Gasteiger partial charge in [-0.25, -0.2) is 4.39 Å². The van der Waals surface area contributed by atoms with Gasteiger partial charge in [-0.3, -0.25) is 9.48 Å². The number of benzene rings is 1. The van der Waals surface area contributed by atoms with Gasteiger partial charge in [0, 0.05) is 16.8 Å². The molecular formula is C12H12FN3O2S. The second-order valence-corrected chi connectivity index (χ2v) is 5.01. The number of hydrogen-bond donors (Lipinski definition) is 1. The van der Waals surface area contributed by atoms with Crippen molar-refractivity contribution in [3.63, 3.8) is 0 Å². The molecule has 0 amide bonds. The average molecular weight is 281 g/mol. The highest BCUT2D eigenvalue weighted by atomic mass is 32.2. The molecule has 0 atom stereocenters. The Bertz CT molecular complexity index is 556. The summed E-state index contributed by atoms with van der Waals surface area (Å²) >= 11 is 1.58. The van der Waals surface area contributed by atoms with Gasteiger partial charge in [0.1, 0.15) is 5.82 Å². The maximum absolute atomic E-state index is 12.7. The van der Waals surface area contributed by atoms with Crippen LogP contribution in [0.15, 0.2) is 35.4 Å². The van der Waals surface area contributed by atoms with E-state index in [2.05, 4.69) is 10.3 Å². The Balaban J connectivity index is 1.80. The minimum absolute atomic E-state index is 0.120. The van der Waals surface area contributed by atoms with Crippen LogP contribution in [0.4, 0.5) is 4.39 Å². The van der Waals surface area contributed by atoms with Crippen molar-refractivity contribution in [2.24, 2.45) is 0 Å². The second-order valence-electron chi connectivity index (χ2n) is 3.85. The Kier molecular flexibility index (Phi) is 4.51. The molecule has 0 radical (unpaired) electrons. The van der Waals surface area contributed by atoms with Crippen LogP contribution in [-0.4, -0.2) is 31.8 Å². The summed E-state index contributed by atoms with van der Waals surface area (Å²) < 4.78 is 14.3. The molecule has 0 saturated heterocycles. The third-order valence-corrected chi connectivity index (χ3v) is 3.31. The van der Waals surface area contributed by atoms with Gasteiger partial charge in [-0.2, -0.15) is 0 Å². The lowest BCUT2D eigenvalue weighted by Crippen LogP contribution is -2.01. The average Bonchev–Trinajstić information content (AvgIpc) is 2.78. The molecule has 0 saturated carbocycles. The summed E-state index contributed by atoms with van der Waals surface area (Å²) in [4.78, 5) is 11.5. The molecule has 1 aromatic carbocycles. The van der Waals surface area contributed by atoms with Gasteiger partial charge >= 0.3 is 5.97 Å². The highest BCUT2D eigenvalue weighted by molar-refractivity contribution is 7.99. The van der Waals surface area contributed by atoms with Crippen molar-refractivity contribution >= 4 is 17.7 Å². The van der Waals surface area contributed by atoms with Crippen LogP contribution in [0.25, 0.3) is 0 Å². The first kappa shape index (κ1) is 13.5. The molecule has 0 fully saturated rings. The molecule has 1 N–H and O–H groups in total. The first-order valence-corrected chi connectivity index (χ1v) is 6.61. The molecule has 1 heterocycles. The van der Waals surface area contributed by atoms with Gasteiger partial charge < -0.3 is 5.11 Å². The topological polar surface area (TPSA) is 68.0 Å². The fourth-order valence-electron chi connectivity index (χ4n) is 1.47. The maximum Gasteiger partial charge on any atom is 0.309 e. The van der Waals surface area contributed by atoms with Gasteiger partial charge in [0.2, 0.25) is 0 Å².